The molecule has 0 saturated carbocycles. The summed E-state index contributed by atoms with van der Waals surface area (Å²) in [5.41, 5.74) is 13.2. The van der Waals surface area contributed by atoms with Gasteiger partial charge in [-0.1, -0.05) is 89.5 Å². The topological polar surface area (TPSA) is 129 Å². The first-order chi connectivity index (χ1) is 22.0. The number of amides is 1. The first-order valence-electron chi connectivity index (χ1n) is 15.1. The van der Waals surface area contributed by atoms with Crippen molar-refractivity contribution in [3.8, 4) is 5.75 Å². The van der Waals surface area contributed by atoms with E-state index in [1.165, 1.54) is 5.56 Å². The minimum Gasteiger partial charge on any atom is -0.494 e. The molecule has 9 nitrogen and oxygen atoms in total. The van der Waals surface area contributed by atoms with Crippen LogP contribution in [0.15, 0.2) is 113 Å². The number of hydrogen-bond donors (Lipinski definition) is 2. The summed E-state index contributed by atoms with van der Waals surface area (Å²) in [6, 6.07) is 33.0. The maximum absolute atomic E-state index is 14.5. The number of carbonyl (C=O) groups is 1. The van der Waals surface area contributed by atoms with Gasteiger partial charge in [0.1, 0.15) is 5.75 Å². The van der Waals surface area contributed by atoms with Crippen molar-refractivity contribution in [1.29, 1.82) is 0 Å². The summed E-state index contributed by atoms with van der Waals surface area (Å²) in [5, 5.41) is 16.1. The van der Waals surface area contributed by atoms with Crippen LogP contribution in [0.5, 0.6) is 5.75 Å². The van der Waals surface area contributed by atoms with E-state index >= 15 is 0 Å². The Labute approximate surface area is 263 Å². The molecule has 2 N–H and O–H groups in total. The summed E-state index contributed by atoms with van der Waals surface area (Å²) in [6.07, 6.45) is 0.699. The molecule has 0 saturated heterocycles. The summed E-state index contributed by atoms with van der Waals surface area (Å²) in [4.78, 5) is 22.6. The Morgan fingerprint density at radius 1 is 1.00 bits per heavy atom. The highest BCUT2D eigenvalue weighted by atomic mass is 16.5. The van der Waals surface area contributed by atoms with Gasteiger partial charge in [-0.25, -0.2) is 4.99 Å². The molecular weight excluding hydrogens is 566 g/mol. The fraction of sp³-hybridized carbons (Fsp3) is 0.278. The number of ether oxygens (including phenoxy) is 2. The number of nitrogens with zero attached hydrogens (tertiary/aromatic N) is 4. The Bertz CT molecular complexity index is 1650. The predicted molar refractivity (Wildman–Crippen MR) is 174 cm³/mol. The van der Waals surface area contributed by atoms with Crippen LogP contribution in [0.2, 0.25) is 0 Å². The van der Waals surface area contributed by atoms with Gasteiger partial charge in [0.05, 0.1) is 13.2 Å². The van der Waals surface area contributed by atoms with E-state index in [2.05, 4.69) is 39.6 Å². The van der Waals surface area contributed by atoms with Gasteiger partial charge in [-0.05, 0) is 65.4 Å². The van der Waals surface area contributed by atoms with E-state index in [4.69, 9.17) is 25.1 Å². The summed E-state index contributed by atoms with van der Waals surface area (Å²) in [6.45, 7) is 3.04. The third-order valence-corrected chi connectivity index (χ3v) is 7.81. The largest absolute Gasteiger partial charge is 0.494 e. The number of aryl methyl sites for hydroxylation is 1. The zero-order chi connectivity index (χ0) is 31.5. The number of carbonyl (C=O) groups excluding carboxylic acids is 1. The van der Waals surface area contributed by atoms with Gasteiger partial charge in [-0.3, -0.25) is 4.79 Å². The van der Waals surface area contributed by atoms with Gasteiger partial charge in [-0.15, -0.1) is 0 Å². The van der Waals surface area contributed by atoms with Crippen LogP contribution in [0.4, 0.5) is 0 Å². The highest BCUT2D eigenvalue weighted by molar-refractivity contribution is 6.01. The van der Waals surface area contributed by atoms with Crippen LogP contribution in [0.25, 0.3) is 10.4 Å². The summed E-state index contributed by atoms with van der Waals surface area (Å²) >= 11 is 0. The van der Waals surface area contributed by atoms with Crippen molar-refractivity contribution < 1.29 is 19.4 Å². The van der Waals surface area contributed by atoms with E-state index in [1.54, 1.807) is 0 Å². The van der Waals surface area contributed by atoms with Gasteiger partial charge in [0.25, 0.3) is 5.91 Å². The molecule has 0 aliphatic carbocycles. The number of rotatable bonds is 14. The van der Waals surface area contributed by atoms with E-state index in [1.807, 2.05) is 85.8 Å². The Kier molecular flexibility index (Phi) is 10.5. The lowest BCUT2D eigenvalue weighted by atomic mass is 9.80. The molecule has 0 unspecified atom stereocenters. The summed E-state index contributed by atoms with van der Waals surface area (Å²) in [7, 11) is 0. The minimum absolute atomic E-state index is 0.0574. The first kappa shape index (κ1) is 31.3. The smallest absolute Gasteiger partial charge is 0.252 e. The molecular formula is C36H37N5O4. The molecule has 1 aliphatic rings. The van der Waals surface area contributed by atoms with Crippen molar-refractivity contribution in [2.45, 2.75) is 44.4 Å². The Morgan fingerprint density at radius 3 is 2.47 bits per heavy atom. The first-order valence-corrected chi connectivity index (χ1v) is 15.1. The lowest BCUT2D eigenvalue weighted by molar-refractivity contribution is -0.128. The van der Waals surface area contributed by atoms with Crippen molar-refractivity contribution in [1.82, 2.24) is 5.32 Å². The standard InChI is InChI=1S/C36H37N5O4/c1-26-12-14-27(15-13-26)20-21-38-35(43)36(24-28-8-3-2-4-9-28)33(32-11-6-5-10-30(32)25-39-41-37)45-34(40-36)29-16-18-31(19-17-29)44-23-7-22-42/h2-6,8-19,33,42H,7,20-25H2,1H3,(H,38,43)/t33-,36-/m1/s1. The Balaban J connectivity index is 1.54. The highest BCUT2D eigenvalue weighted by Crippen LogP contribution is 2.43. The van der Waals surface area contributed by atoms with Crippen molar-refractivity contribution in [2.75, 3.05) is 19.8 Å². The number of benzene rings is 4. The Morgan fingerprint density at radius 2 is 1.73 bits per heavy atom. The van der Waals surface area contributed by atoms with Gasteiger partial charge < -0.3 is 19.9 Å². The molecule has 1 aliphatic heterocycles. The van der Waals surface area contributed by atoms with Gasteiger partial charge in [0.15, 0.2) is 11.6 Å². The number of azide groups is 1. The fourth-order valence-electron chi connectivity index (χ4n) is 5.44. The molecule has 230 valence electrons. The van der Waals surface area contributed by atoms with Crippen LogP contribution >= 0.6 is 0 Å². The van der Waals surface area contributed by atoms with Crippen LogP contribution in [0, 0.1) is 6.92 Å². The fourth-order valence-corrected chi connectivity index (χ4v) is 5.44. The van der Waals surface area contributed by atoms with Crippen molar-refractivity contribution in [2.24, 2.45) is 10.1 Å². The molecule has 0 radical (unpaired) electrons. The zero-order valence-electron chi connectivity index (χ0n) is 25.3. The molecule has 2 atom stereocenters. The molecule has 4 aromatic rings. The third kappa shape index (κ3) is 7.70. The molecule has 0 aromatic heterocycles. The molecule has 9 heteroatoms. The molecule has 0 spiro atoms. The van der Waals surface area contributed by atoms with Crippen molar-refractivity contribution >= 4 is 11.8 Å². The second-order valence-electron chi connectivity index (χ2n) is 11.0. The number of hydrogen-bond acceptors (Lipinski definition) is 6. The van der Waals surface area contributed by atoms with Crippen molar-refractivity contribution in [3.63, 3.8) is 0 Å². The van der Waals surface area contributed by atoms with Gasteiger partial charge >= 0.3 is 0 Å². The SMILES string of the molecule is Cc1ccc(CCNC(=O)[C@]2(Cc3ccccc3)N=C(c3ccc(OCCCO)cc3)O[C@@H]2c2ccccc2CN=[N+]=[N-])cc1. The quantitative estimate of drug-likeness (QED) is 0.0745. The average molecular weight is 604 g/mol. The summed E-state index contributed by atoms with van der Waals surface area (Å²) in [5.74, 6) is 0.748. The maximum atomic E-state index is 14.5. The van der Waals surface area contributed by atoms with E-state index in [9.17, 15) is 4.79 Å². The maximum Gasteiger partial charge on any atom is 0.252 e. The van der Waals surface area contributed by atoms with Gasteiger partial charge in [0, 0.05) is 36.5 Å². The average Bonchev–Trinajstić information content (AvgIpc) is 3.45. The molecule has 5 rings (SSSR count). The predicted octanol–water partition coefficient (Wildman–Crippen LogP) is 6.43. The second kappa shape index (κ2) is 15.1. The number of aliphatic hydroxyl groups is 1. The molecule has 4 aromatic carbocycles. The van der Waals surface area contributed by atoms with Crippen LogP contribution in [0.3, 0.4) is 0 Å². The van der Waals surface area contributed by atoms with E-state index in [-0.39, 0.29) is 25.5 Å². The van der Waals surface area contributed by atoms with Crippen LogP contribution < -0.4 is 10.1 Å². The Hall–Kier alpha value is -5.11. The number of aliphatic hydroxyl groups excluding tert-OH is 1. The highest BCUT2D eigenvalue weighted by Gasteiger charge is 2.53. The monoisotopic (exact) mass is 603 g/mol. The lowest BCUT2D eigenvalue weighted by Gasteiger charge is -2.32. The van der Waals surface area contributed by atoms with Gasteiger partial charge in [-0.2, -0.15) is 0 Å². The zero-order valence-corrected chi connectivity index (χ0v) is 25.3. The number of aliphatic imine (C=N–C) groups is 1. The molecule has 1 amide bonds. The minimum atomic E-state index is -1.35. The third-order valence-electron chi connectivity index (χ3n) is 7.81. The van der Waals surface area contributed by atoms with Crippen molar-refractivity contribution in [3.05, 3.63) is 147 Å². The molecule has 0 bridgehead atoms. The molecule has 45 heavy (non-hydrogen) atoms. The summed E-state index contributed by atoms with van der Waals surface area (Å²) < 4.78 is 12.4. The van der Waals surface area contributed by atoms with E-state index in [0.717, 1.165) is 22.3 Å². The lowest BCUT2D eigenvalue weighted by Crippen LogP contribution is -2.50. The van der Waals surface area contributed by atoms with Gasteiger partial charge in [0.2, 0.25) is 5.90 Å². The molecule has 0 fully saturated rings. The van der Waals surface area contributed by atoms with E-state index in [0.29, 0.717) is 43.2 Å². The second-order valence-corrected chi connectivity index (χ2v) is 11.0. The molecule has 1 heterocycles. The van der Waals surface area contributed by atoms with Crippen LogP contribution in [-0.4, -0.2) is 42.2 Å². The van der Waals surface area contributed by atoms with Crippen LogP contribution in [-0.2, 0) is 28.9 Å². The van der Waals surface area contributed by atoms with Crippen LogP contribution in [0.1, 0.15) is 45.9 Å². The van der Waals surface area contributed by atoms with E-state index < -0.39 is 11.6 Å². The normalized spacial score (nSPS) is 17.1. The number of nitrogens with one attached hydrogen (secondary N) is 1.